The fourth-order valence-electron chi connectivity index (χ4n) is 4.10. The minimum absolute atomic E-state index is 0.355. The molecule has 0 spiro atoms. The first-order valence-corrected chi connectivity index (χ1v) is 12.1. The fourth-order valence-corrected chi connectivity index (χ4v) is 5.25. The van der Waals surface area contributed by atoms with E-state index in [9.17, 15) is 12.8 Å². The van der Waals surface area contributed by atoms with Crippen molar-refractivity contribution in [1.82, 2.24) is 19.3 Å². The summed E-state index contributed by atoms with van der Waals surface area (Å²) in [5.74, 6) is 1.19. The second kappa shape index (κ2) is 7.99. The SMILES string of the molecule is CS(=O)(=O)N1CCCC1c1cc2[nH]c(-c3ccccn3)nc2cc1Oc1ccc(F)cc1. The van der Waals surface area contributed by atoms with Gasteiger partial charge in [-0.25, -0.2) is 17.8 Å². The first-order chi connectivity index (χ1) is 15.4. The van der Waals surface area contributed by atoms with Crippen LogP contribution in [0.5, 0.6) is 11.5 Å². The highest BCUT2D eigenvalue weighted by atomic mass is 32.2. The molecule has 0 bridgehead atoms. The highest BCUT2D eigenvalue weighted by Gasteiger charge is 2.35. The number of H-pyrrole nitrogens is 1. The molecule has 2 aromatic carbocycles. The first-order valence-electron chi connectivity index (χ1n) is 10.2. The van der Waals surface area contributed by atoms with Crippen LogP contribution in [0.4, 0.5) is 4.39 Å². The maximum absolute atomic E-state index is 13.4. The van der Waals surface area contributed by atoms with Crippen LogP contribution in [0.2, 0.25) is 0 Å². The van der Waals surface area contributed by atoms with Gasteiger partial charge in [-0.05, 0) is 55.3 Å². The molecule has 7 nitrogen and oxygen atoms in total. The molecule has 0 aliphatic carbocycles. The third kappa shape index (κ3) is 3.96. The van der Waals surface area contributed by atoms with Crippen LogP contribution in [0.1, 0.15) is 24.4 Å². The van der Waals surface area contributed by atoms with E-state index < -0.39 is 10.0 Å². The molecule has 164 valence electrons. The molecule has 0 saturated carbocycles. The number of halogens is 1. The molecule has 5 rings (SSSR count). The topological polar surface area (TPSA) is 88.2 Å². The number of pyridine rings is 1. The number of hydrogen-bond donors (Lipinski definition) is 1. The number of rotatable bonds is 5. The average Bonchev–Trinajstić information content (AvgIpc) is 3.42. The molecule has 1 aliphatic rings. The zero-order valence-electron chi connectivity index (χ0n) is 17.3. The Kier molecular flexibility index (Phi) is 5.15. The number of benzene rings is 2. The molecule has 2 aromatic heterocycles. The van der Waals surface area contributed by atoms with E-state index in [1.54, 1.807) is 12.3 Å². The third-order valence-electron chi connectivity index (χ3n) is 5.55. The maximum Gasteiger partial charge on any atom is 0.211 e. The van der Waals surface area contributed by atoms with Crippen molar-refractivity contribution in [1.29, 1.82) is 0 Å². The number of nitrogens with one attached hydrogen (secondary N) is 1. The molecule has 1 fully saturated rings. The van der Waals surface area contributed by atoms with Crippen molar-refractivity contribution < 1.29 is 17.5 Å². The molecule has 0 amide bonds. The number of ether oxygens (including phenoxy) is 1. The Morgan fingerprint density at radius 2 is 1.97 bits per heavy atom. The summed E-state index contributed by atoms with van der Waals surface area (Å²) in [6.45, 7) is 0.458. The lowest BCUT2D eigenvalue weighted by atomic mass is 10.0. The minimum Gasteiger partial charge on any atom is -0.457 e. The van der Waals surface area contributed by atoms with E-state index in [-0.39, 0.29) is 11.9 Å². The molecular formula is C23H21FN4O3S. The first kappa shape index (κ1) is 20.6. The van der Waals surface area contributed by atoms with Gasteiger partial charge in [0, 0.05) is 24.4 Å². The van der Waals surface area contributed by atoms with Gasteiger partial charge in [0.1, 0.15) is 23.0 Å². The normalized spacial score (nSPS) is 17.1. The largest absolute Gasteiger partial charge is 0.457 e. The van der Waals surface area contributed by atoms with Crippen molar-refractivity contribution in [2.24, 2.45) is 0 Å². The van der Waals surface area contributed by atoms with Crippen molar-refractivity contribution >= 4 is 21.1 Å². The van der Waals surface area contributed by atoms with Crippen molar-refractivity contribution in [2.75, 3.05) is 12.8 Å². The van der Waals surface area contributed by atoms with Gasteiger partial charge >= 0.3 is 0 Å². The molecule has 32 heavy (non-hydrogen) atoms. The number of nitrogens with zero attached hydrogens (tertiary/aromatic N) is 3. The number of aromatic nitrogens is 3. The Hall–Kier alpha value is -3.30. The molecule has 1 atom stereocenters. The van der Waals surface area contributed by atoms with Gasteiger partial charge < -0.3 is 9.72 Å². The van der Waals surface area contributed by atoms with Crippen LogP contribution in [0.15, 0.2) is 60.8 Å². The third-order valence-corrected chi connectivity index (χ3v) is 6.84. The number of fused-ring (bicyclic) bond motifs is 1. The second-order valence-electron chi connectivity index (χ2n) is 7.80. The number of aromatic amines is 1. The van der Waals surface area contributed by atoms with E-state index in [4.69, 9.17) is 4.74 Å². The smallest absolute Gasteiger partial charge is 0.211 e. The van der Waals surface area contributed by atoms with Crippen molar-refractivity contribution in [3.05, 3.63) is 72.2 Å². The van der Waals surface area contributed by atoms with Crippen molar-refractivity contribution in [3.63, 3.8) is 0 Å². The van der Waals surface area contributed by atoms with E-state index in [1.165, 1.54) is 34.8 Å². The summed E-state index contributed by atoms with van der Waals surface area (Å²) in [5, 5.41) is 0. The fraction of sp³-hybridized carbons (Fsp3) is 0.217. The van der Waals surface area contributed by atoms with Crippen LogP contribution in [0.3, 0.4) is 0 Å². The summed E-state index contributed by atoms with van der Waals surface area (Å²) in [5.41, 5.74) is 2.86. The van der Waals surface area contributed by atoms with Crippen LogP contribution in [0.25, 0.3) is 22.6 Å². The molecule has 9 heteroatoms. The molecule has 1 unspecified atom stereocenters. The van der Waals surface area contributed by atoms with Crippen LogP contribution in [0, 0.1) is 5.82 Å². The Morgan fingerprint density at radius 1 is 1.16 bits per heavy atom. The van der Waals surface area contributed by atoms with Gasteiger partial charge in [-0.2, -0.15) is 4.31 Å². The van der Waals surface area contributed by atoms with Crippen LogP contribution in [-0.4, -0.2) is 40.5 Å². The van der Waals surface area contributed by atoms with E-state index >= 15 is 0 Å². The molecule has 1 aliphatic heterocycles. The van der Waals surface area contributed by atoms with Crippen LogP contribution in [-0.2, 0) is 10.0 Å². The Morgan fingerprint density at radius 3 is 2.69 bits per heavy atom. The Labute approximate surface area is 184 Å². The number of hydrogen-bond acceptors (Lipinski definition) is 5. The predicted molar refractivity (Wildman–Crippen MR) is 119 cm³/mol. The standard InChI is InChI=1S/C23H21FN4O3S/c1-32(29,30)28-12-4-6-21(28)17-13-19-20(27-23(26-19)18-5-2-3-11-25-18)14-22(17)31-16-9-7-15(24)8-10-16/h2-3,5,7-11,13-14,21H,4,6,12H2,1H3,(H,26,27). The molecule has 1 N–H and O–H groups in total. The molecule has 4 aromatic rings. The van der Waals surface area contributed by atoms with Gasteiger partial charge in [-0.1, -0.05) is 6.07 Å². The van der Waals surface area contributed by atoms with E-state index in [0.717, 1.165) is 17.5 Å². The monoisotopic (exact) mass is 452 g/mol. The molecule has 1 saturated heterocycles. The Bertz CT molecular complexity index is 1370. The van der Waals surface area contributed by atoms with Gasteiger partial charge in [0.15, 0.2) is 5.82 Å². The maximum atomic E-state index is 13.4. The van der Waals surface area contributed by atoms with Crippen molar-refractivity contribution in [2.45, 2.75) is 18.9 Å². The van der Waals surface area contributed by atoms with E-state index in [1.807, 2.05) is 24.3 Å². The molecular weight excluding hydrogens is 431 g/mol. The zero-order valence-corrected chi connectivity index (χ0v) is 18.1. The summed E-state index contributed by atoms with van der Waals surface area (Å²) >= 11 is 0. The van der Waals surface area contributed by atoms with Gasteiger partial charge in [0.25, 0.3) is 0 Å². The van der Waals surface area contributed by atoms with Crippen LogP contribution >= 0.6 is 0 Å². The van der Waals surface area contributed by atoms with Gasteiger partial charge in [0.05, 0.1) is 23.3 Å². The predicted octanol–water partition coefficient (Wildman–Crippen LogP) is 4.65. The summed E-state index contributed by atoms with van der Waals surface area (Å²) in [7, 11) is -3.39. The summed E-state index contributed by atoms with van der Waals surface area (Å²) < 4.78 is 45.7. The lowest BCUT2D eigenvalue weighted by Gasteiger charge is -2.24. The van der Waals surface area contributed by atoms with Gasteiger partial charge in [-0.3, -0.25) is 4.98 Å². The second-order valence-corrected chi connectivity index (χ2v) is 9.73. The molecule has 0 radical (unpaired) electrons. The van der Waals surface area contributed by atoms with E-state index in [0.29, 0.717) is 41.5 Å². The zero-order chi connectivity index (χ0) is 22.3. The number of sulfonamides is 1. The summed E-state index contributed by atoms with van der Waals surface area (Å²) in [6, 6.07) is 14.6. The lowest BCUT2D eigenvalue weighted by Crippen LogP contribution is -2.29. The van der Waals surface area contributed by atoms with E-state index in [2.05, 4.69) is 15.0 Å². The molecule has 3 heterocycles. The highest BCUT2D eigenvalue weighted by molar-refractivity contribution is 7.88. The highest BCUT2D eigenvalue weighted by Crippen LogP contribution is 2.41. The lowest BCUT2D eigenvalue weighted by molar-refractivity contribution is 0.386. The Balaban J connectivity index is 1.64. The number of imidazole rings is 1. The van der Waals surface area contributed by atoms with Crippen LogP contribution < -0.4 is 4.74 Å². The van der Waals surface area contributed by atoms with Crippen molar-refractivity contribution in [3.8, 4) is 23.0 Å². The summed E-state index contributed by atoms with van der Waals surface area (Å²) in [4.78, 5) is 12.3. The average molecular weight is 453 g/mol. The summed E-state index contributed by atoms with van der Waals surface area (Å²) in [6.07, 6.45) is 4.35. The minimum atomic E-state index is -3.39. The van der Waals surface area contributed by atoms with Gasteiger partial charge in [0.2, 0.25) is 10.0 Å². The van der Waals surface area contributed by atoms with Gasteiger partial charge in [-0.15, -0.1) is 0 Å². The quantitative estimate of drug-likeness (QED) is 0.476.